The molecule has 1 saturated heterocycles. The van der Waals surface area contributed by atoms with Crippen LogP contribution < -0.4 is 5.48 Å². The quantitative estimate of drug-likeness (QED) is 0.449. The molecule has 1 fully saturated rings. The van der Waals surface area contributed by atoms with Crippen LogP contribution in [0.2, 0.25) is 0 Å². The van der Waals surface area contributed by atoms with E-state index in [1.54, 1.807) is 47.9 Å². The zero-order valence-corrected chi connectivity index (χ0v) is 16.4. The van der Waals surface area contributed by atoms with Gasteiger partial charge in [-0.05, 0) is 30.7 Å². The molecule has 154 valence electrons. The fourth-order valence-corrected chi connectivity index (χ4v) is 3.08. The van der Waals surface area contributed by atoms with Crippen molar-refractivity contribution >= 4 is 11.8 Å². The second-order valence-electron chi connectivity index (χ2n) is 6.73. The van der Waals surface area contributed by atoms with E-state index in [9.17, 15) is 9.59 Å². The van der Waals surface area contributed by atoms with Crippen molar-refractivity contribution in [1.29, 1.82) is 0 Å². The third kappa shape index (κ3) is 5.76. The van der Waals surface area contributed by atoms with Gasteiger partial charge in [0.15, 0.2) is 0 Å². The molecule has 2 aromatic carbocycles. The van der Waals surface area contributed by atoms with E-state index >= 15 is 0 Å². The highest BCUT2D eigenvalue weighted by Crippen LogP contribution is 2.30. The van der Waals surface area contributed by atoms with Gasteiger partial charge in [0.25, 0.3) is 11.8 Å². The van der Waals surface area contributed by atoms with Gasteiger partial charge < -0.3 is 0 Å². The molecule has 2 N–H and O–H groups in total. The maximum absolute atomic E-state index is 12.0. The molecule has 5 rings (SSSR count). The van der Waals surface area contributed by atoms with Gasteiger partial charge in [0.2, 0.25) is 0 Å². The fourth-order valence-electron chi connectivity index (χ4n) is 3.08. The summed E-state index contributed by atoms with van der Waals surface area (Å²) in [4.78, 5) is 28.1. The van der Waals surface area contributed by atoms with Crippen molar-refractivity contribution in [2.45, 2.75) is 25.0 Å². The molecule has 1 heterocycles. The van der Waals surface area contributed by atoms with Crippen molar-refractivity contribution in [3.8, 4) is 0 Å². The number of fused-ring (bicyclic) bond motifs is 2. The summed E-state index contributed by atoms with van der Waals surface area (Å²) in [6, 6.07) is 17.8. The summed E-state index contributed by atoms with van der Waals surface area (Å²) in [5, 5.41) is 9.67. The van der Waals surface area contributed by atoms with Crippen molar-refractivity contribution in [1.82, 2.24) is 10.5 Å². The number of hydrogen-bond donors (Lipinski definition) is 2. The van der Waals surface area contributed by atoms with Gasteiger partial charge in [-0.25, -0.2) is 10.5 Å². The Labute approximate surface area is 175 Å². The normalized spacial score (nSPS) is 19.6. The fraction of sp³-hybridized carbons (Fsp3) is 0.167. The van der Waals surface area contributed by atoms with Gasteiger partial charge in [0, 0.05) is 17.5 Å². The van der Waals surface area contributed by atoms with Gasteiger partial charge in [-0.2, -0.15) is 0 Å². The van der Waals surface area contributed by atoms with Crippen LogP contribution in [0.5, 0.6) is 0 Å². The van der Waals surface area contributed by atoms with Crippen LogP contribution in [0.4, 0.5) is 0 Å². The van der Waals surface area contributed by atoms with E-state index in [4.69, 9.17) is 10.0 Å². The number of hydroxylamine groups is 3. The lowest BCUT2D eigenvalue weighted by Gasteiger charge is -2.22. The summed E-state index contributed by atoms with van der Waals surface area (Å²) in [5.74, 6) is -0.534. The Morgan fingerprint density at radius 3 is 1.93 bits per heavy atom. The molecule has 2 aromatic rings. The molecule has 0 saturated carbocycles. The average molecular weight is 404 g/mol. The van der Waals surface area contributed by atoms with Gasteiger partial charge >= 0.3 is 0 Å². The Balaban J connectivity index is 0.000000147. The number of carbonyl (C=O) groups excluding carboxylic acids is 2. The molecule has 6 nitrogen and oxygen atoms in total. The standard InChI is InChI=1S/C12H11NO2.C7H7NO2.C5H6/c14-12(9-4-2-1-3-5-9)13-10-6-7-11(8-10)15-13;9-7(8-10)6-4-2-1-3-5-6;1-2-4-5-3-1/h1-7,10-11H,8H2;1-5,10H,(H,8,9);1-4H,5H2. The monoisotopic (exact) mass is 404 g/mol. The number of nitrogens with one attached hydrogen (secondary N) is 1. The zero-order chi connectivity index (χ0) is 21.2. The maximum Gasteiger partial charge on any atom is 0.278 e. The molecule has 0 radical (unpaired) electrons. The summed E-state index contributed by atoms with van der Waals surface area (Å²) in [7, 11) is 0. The summed E-state index contributed by atoms with van der Waals surface area (Å²) >= 11 is 0. The molecule has 2 aliphatic carbocycles. The van der Waals surface area contributed by atoms with Gasteiger partial charge in [-0.1, -0.05) is 72.9 Å². The first-order chi connectivity index (χ1) is 14.7. The van der Waals surface area contributed by atoms with E-state index in [1.165, 1.54) is 5.06 Å². The topological polar surface area (TPSA) is 78.9 Å². The minimum absolute atomic E-state index is 0.0487. The SMILES string of the molecule is C1=CCC=C1.O=C(NO)c1ccccc1.O=C(c1ccccc1)N1OC2C=CC1C2. The lowest BCUT2D eigenvalue weighted by Crippen LogP contribution is -2.34. The van der Waals surface area contributed by atoms with E-state index in [0.29, 0.717) is 11.1 Å². The van der Waals surface area contributed by atoms with Crippen LogP contribution in [0.15, 0.2) is 97.1 Å². The number of carbonyl (C=O) groups is 2. The Morgan fingerprint density at radius 2 is 1.50 bits per heavy atom. The number of amides is 2. The van der Waals surface area contributed by atoms with Crippen molar-refractivity contribution in [2.24, 2.45) is 0 Å². The van der Waals surface area contributed by atoms with Crippen LogP contribution in [0.3, 0.4) is 0 Å². The van der Waals surface area contributed by atoms with E-state index in [-0.39, 0.29) is 18.1 Å². The van der Waals surface area contributed by atoms with Crippen molar-refractivity contribution in [2.75, 3.05) is 0 Å². The summed E-state index contributed by atoms with van der Waals surface area (Å²) < 4.78 is 0. The Kier molecular flexibility index (Phi) is 7.71. The molecule has 0 spiro atoms. The molecule has 2 atom stereocenters. The molecule has 3 aliphatic rings. The van der Waals surface area contributed by atoms with Crippen molar-refractivity contribution in [3.05, 3.63) is 108 Å². The van der Waals surface area contributed by atoms with E-state index < -0.39 is 5.91 Å². The summed E-state index contributed by atoms with van der Waals surface area (Å²) in [5.41, 5.74) is 2.67. The molecule has 1 aliphatic heterocycles. The first-order valence-corrected chi connectivity index (χ1v) is 9.74. The number of allylic oxidation sites excluding steroid dienone is 4. The Morgan fingerprint density at radius 1 is 0.900 bits per heavy atom. The third-order valence-electron chi connectivity index (χ3n) is 4.59. The van der Waals surface area contributed by atoms with Crippen LogP contribution in [0.1, 0.15) is 33.6 Å². The molecule has 30 heavy (non-hydrogen) atoms. The van der Waals surface area contributed by atoms with Crippen LogP contribution in [0.25, 0.3) is 0 Å². The number of rotatable bonds is 2. The third-order valence-corrected chi connectivity index (χ3v) is 4.59. The van der Waals surface area contributed by atoms with Gasteiger partial charge in [-0.3, -0.25) is 19.6 Å². The minimum atomic E-state index is -0.486. The van der Waals surface area contributed by atoms with Gasteiger partial charge in [0.05, 0.1) is 6.04 Å². The average Bonchev–Trinajstić information content (AvgIpc) is 3.60. The molecular weight excluding hydrogens is 380 g/mol. The Bertz CT molecular complexity index is 913. The number of nitrogens with zero attached hydrogens (tertiary/aromatic N) is 1. The summed E-state index contributed by atoms with van der Waals surface area (Å²) in [6.45, 7) is 0. The first-order valence-electron chi connectivity index (χ1n) is 9.74. The van der Waals surface area contributed by atoms with Crippen molar-refractivity contribution in [3.63, 3.8) is 0 Å². The van der Waals surface area contributed by atoms with Crippen LogP contribution >= 0.6 is 0 Å². The maximum atomic E-state index is 12.0. The van der Waals surface area contributed by atoms with Crippen LogP contribution in [-0.2, 0) is 4.84 Å². The van der Waals surface area contributed by atoms with Crippen LogP contribution in [0, 0.1) is 0 Å². The predicted octanol–water partition coefficient (Wildman–Crippen LogP) is 4.08. The zero-order valence-electron chi connectivity index (χ0n) is 16.4. The van der Waals surface area contributed by atoms with E-state index in [1.807, 2.05) is 30.4 Å². The predicted molar refractivity (Wildman–Crippen MR) is 114 cm³/mol. The highest BCUT2D eigenvalue weighted by atomic mass is 16.7. The lowest BCUT2D eigenvalue weighted by molar-refractivity contribution is -0.114. The van der Waals surface area contributed by atoms with Gasteiger partial charge in [0.1, 0.15) is 6.10 Å². The molecule has 6 heteroatoms. The second kappa shape index (κ2) is 10.9. The molecule has 2 bridgehead atoms. The first kappa shape index (κ1) is 21.2. The minimum Gasteiger partial charge on any atom is -0.288 e. The smallest absolute Gasteiger partial charge is 0.278 e. The molecule has 0 aromatic heterocycles. The van der Waals surface area contributed by atoms with E-state index in [0.717, 1.165) is 12.8 Å². The highest BCUT2D eigenvalue weighted by molar-refractivity contribution is 5.94. The second-order valence-corrected chi connectivity index (χ2v) is 6.73. The number of benzene rings is 2. The molecular formula is C24H24N2O4. The van der Waals surface area contributed by atoms with Gasteiger partial charge in [-0.15, -0.1) is 0 Å². The number of hydrogen-bond acceptors (Lipinski definition) is 4. The summed E-state index contributed by atoms with van der Waals surface area (Å²) in [6.07, 6.45) is 14.6. The molecule has 2 unspecified atom stereocenters. The van der Waals surface area contributed by atoms with Crippen LogP contribution in [-0.4, -0.2) is 34.2 Å². The lowest BCUT2D eigenvalue weighted by atomic mass is 10.2. The van der Waals surface area contributed by atoms with E-state index in [2.05, 4.69) is 24.3 Å². The highest BCUT2D eigenvalue weighted by Gasteiger charge is 2.38. The van der Waals surface area contributed by atoms with Crippen molar-refractivity contribution < 1.29 is 19.6 Å². The molecule has 2 amide bonds. The largest absolute Gasteiger partial charge is 0.288 e. The Hall–Kier alpha value is -3.48.